The van der Waals surface area contributed by atoms with Crippen molar-refractivity contribution in [3.8, 4) is 11.1 Å². The van der Waals surface area contributed by atoms with Crippen molar-refractivity contribution in [2.24, 2.45) is 5.73 Å². The number of hydrogen-bond acceptors (Lipinski definition) is 3. The molecule has 1 atom stereocenters. The number of rotatable bonds is 6. The predicted octanol–water partition coefficient (Wildman–Crippen LogP) is 3.70. The van der Waals surface area contributed by atoms with Crippen LogP contribution in [0.4, 0.5) is 0 Å². The highest BCUT2D eigenvalue weighted by Gasteiger charge is 2.29. The number of amides is 1. The van der Waals surface area contributed by atoms with Gasteiger partial charge in [0.25, 0.3) is 0 Å². The molecular formula is C25H27N3O. The molecule has 4 nitrogen and oxygen atoms in total. The summed E-state index contributed by atoms with van der Waals surface area (Å²) in [5.74, 6) is -0.283. The summed E-state index contributed by atoms with van der Waals surface area (Å²) in [7, 11) is 0. The van der Waals surface area contributed by atoms with Gasteiger partial charge < -0.3 is 5.73 Å². The van der Waals surface area contributed by atoms with Crippen LogP contribution in [0.1, 0.15) is 17.2 Å². The fraction of sp³-hybridized carbons (Fsp3) is 0.240. The molecule has 0 aromatic heterocycles. The van der Waals surface area contributed by atoms with E-state index in [1.54, 1.807) is 0 Å². The number of hydrogen-bond donors (Lipinski definition) is 1. The SMILES string of the molecule is NC(=O)C(c1ccc(-c2ccccc2)cc1)N1CCN(Cc2ccccc2)CC1. The van der Waals surface area contributed by atoms with Gasteiger partial charge in [-0.05, 0) is 22.3 Å². The second-order valence-corrected chi connectivity index (χ2v) is 7.59. The van der Waals surface area contributed by atoms with E-state index in [2.05, 4.69) is 58.3 Å². The van der Waals surface area contributed by atoms with Gasteiger partial charge in [0.15, 0.2) is 0 Å². The average Bonchev–Trinajstić information content (AvgIpc) is 2.77. The first-order valence-electron chi connectivity index (χ1n) is 10.2. The molecule has 148 valence electrons. The molecule has 0 radical (unpaired) electrons. The molecule has 1 fully saturated rings. The minimum atomic E-state index is -0.376. The Labute approximate surface area is 172 Å². The van der Waals surface area contributed by atoms with E-state index in [4.69, 9.17) is 5.73 Å². The molecule has 1 aliphatic heterocycles. The molecule has 4 heteroatoms. The normalized spacial score (nSPS) is 16.4. The van der Waals surface area contributed by atoms with Crippen LogP contribution in [-0.2, 0) is 11.3 Å². The molecule has 0 aliphatic carbocycles. The third-order valence-corrected chi connectivity index (χ3v) is 5.62. The molecule has 3 aromatic rings. The van der Waals surface area contributed by atoms with Crippen molar-refractivity contribution in [1.82, 2.24) is 9.80 Å². The molecule has 0 bridgehead atoms. The molecule has 1 saturated heterocycles. The minimum absolute atomic E-state index is 0.283. The summed E-state index contributed by atoms with van der Waals surface area (Å²) < 4.78 is 0. The van der Waals surface area contributed by atoms with Crippen molar-refractivity contribution in [3.05, 3.63) is 96.1 Å². The van der Waals surface area contributed by atoms with Gasteiger partial charge in [0, 0.05) is 32.7 Å². The molecule has 1 unspecified atom stereocenters. The Hall–Kier alpha value is -2.95. The first kappa shape index (κ1) is 19.4. The number of primary amides is 1. The molecule has 0 spiro atoms. The Morgan fingerprint density at radius 2 is 1.31 bits per heavy atom. The van der Waals surface area contributed by atoms with Gasteiger partial charge >= 0.3 is 0 Å². The topological polar surface area (TPSA) is 49.6 Å². The van der Waals surface area contributed by atoms with Gasteiger partial charge in [-0.15, -0.1) is 0 Å². The Morgan fingerprint density at radius 1 is 0.759 bits per heavy atom. The summed E-state index contributed by atoms with van der Waals surface area (Å²) in [6.07, 6.45) is 0. The number of benzene rings is 3. The smallest absolute Gasteiger partial charge is 0.239 e. The third kappa shape index (κ3) is 4.73. The number of piperazine rings is 1. The Morgan fingerprint density at radius 3 is 1.90 bits per heavy atom. The second kappa shape index (κ2) is 9.03. The van der Waals surface area contributed by atoms with E-state index < -0.39 is 0 Å². The third-order valence-electron chi connectivity index (χ3n) is 5.62. The lowest BCUT2D eigenvalue weighted by molar-refractivity contribution is -0.124. The minimum Gasteiger partial charge on any atom is -0.368 e. The van der Waals surface area contributed by atoms with Crippen LogP contribution >= 0.6 is 0 Å². The summed E-state index contributed by atoms with van der Waals surface area (Å²) in [4.78, 5) is 16.9. The van der Waals surface area contributed by atoms with Crippen LogP contribution in [0.25, 0.3) is 11.1 Å². The molecule has 3 aromatic carbocycles. The summed E-state index contributed by atoms with van der Waals surface area (Å²) >= 11 is 0. The van der Waals surface area contributed by atoms with E-state index >= 15 is 0 Å². The van der Waals surface area contributed by atoms with Crippen molar-refractivity contribution in [1.29, 1.82) is 0 Å². The lowest BCUT2D eigenvalue weighted by Crippen LogP contribution is -2.49. The van der Waals surface area contributed by atoms with Gasteiger partial charge in [-0.2, -0.15) is 0 Å². The van der Waals surface area contributed by atoms with Gasteiger partial charge in [-0.1, -0.05) is 84.9 Å². The maximum Gasteiger partial charge on any atom is 0.239 e. The van der Waals surface area contributed by atoms with E-state index in [9.17, 15) is 4.79 Å². The number of nitrogens with zero attached hydrogens (tertiary/aromatic N) is 2. The van der Waals surface area contributed by atoms with E-state index in [0.717, 1.165) is 43.9 Å². The van der Waals surface area contributed by atoms with Crippen molar-refractivity contribution < 1.29 is 4.79 Å². The zero-order valence-corrected chi connectivity index (χ0v) is 16.6. The number of carbonyl (C=O) groups excluding carboxylic acids is 1. The molecule has 1 heterocycles. The zero-order valence-electron chi connectivity index (χ0n) is 16.6. The van der Waals surface area contributed by atoms with Gasteiger partial charge in [-0.3, -0.25) is 14.6 Å². The fourth-order valence-electron chi connectivity index (χ4n) is 4.06. The van der Waals surface area contributed by atoms with Crippen molar-refractivity contribution in [3.63, 3.8) is 0 Å². The maximum absolute atomic E-state index is 12.3. The summed E-state index contributed by atoms with van der Waals surface area (Å²) in [6.45, 7) is 4.48. The first-order chi connectivity index (χ1) is 14.2. The molecule has 1 amide bonds. The standard InChI is InChI=1S/C25H27N3O/c26-25(29)24(23-13-11-22(12-14-23)21-9-5-2-6-10-21)28-17-15-27(16-18-28)19-20-7-3-1-4-8-20/h1-14,24H,15-19H2,(H2,26,29). The first-order valence-corrected chi connectivity index (χ1v) is 10.2. The van der Waals surface area contributed by atoms with Crippen LogP contribution < -0.4 is 5.73 Å². The average molecular weight is 386 g/mol. The lowest BCUT2D eigenvalue weighted by atomic mass is 9.99. The molecule has 2 N–H and O–H groups in total. The Bertz CT molecular complexity index is 917. The predicted molar refractivity (Wildman–Crippen MR) is 117 cm³/mol. The fourth-order valence-corrected chi connectivity index (χ4v) is 4.06. The highest BCUT2D eigenvalue weighted by Crippen LogP contribution is 2.26. The van der Waals surface area contributed by atoms with Crippen LogP contribution in [0, 0.1) is 0 Å². The molecule has 4 rings (SSSR count). The van der Waals surface area contributed by atoms with E-state index in [0.29, 0.717) is 0 Å². The van der Waals surface area contributed by atoms with Crippen LogP contribution in [0.3, 0.4) is 0 Å². The summed E-state index contributed by atoms with van der Waals surface area (Å²) in [5.41, 5.74) is 10.4. The van der Waals surface area contributed by atoms with E-state index in [-0.39, 0.29) is 11.9 Å². The van der Waals surface area contributed by atoms with Crippen LogP contribution in [0.5, 0.6) is 0 Å². The van der Waals surface area contributed by atoms with Crippen LogP contribution in [0.15, 0.2) is 84.9 Å². The molecule has 0 saturated carbocycles. The summed E-state index contributed by atoms with van der Waals surface area (Å²) in [6, 6.07) is 28.6. The maximum atomic E-state index is 12.3. The quantitative estimate of drug-likeness (QED) is 0.704. The highest BCUT2D eigenvalue weighted by atomic mass is 16.1. The van der Waals surface area contributed by atoms with Gasteiger partial charge in [0.05, 0.1) is 0 Å². The van der Waals surface area contributed by atoms with Crippen molar-refractivity contribution >= 4 is 5.91 Å². The number of carbonyl (C=O) groups is 1. The largest absolute Gasteiger partial charge is 0.368 e. The van der Waals surface area contributed by atoms with Crippen molar-refractivity contribution in [2.75, 3.05) is 26.2 Å². The van der Waals surface area contributed by atoms with Crippen molar-refractivity contribution in [2.45, 2.75) is 12.6 Å². The molecule has 1 aliphatic rings. The monoisotopic (exact) mass is 385 g/mol. The Balaban J connectivity index is 1.43. The lowest BCUT2D eigenvalue weighted by Gasteiger charge is -2.38. The van der Waals surface area contributed by atoms with Crippen LogP contribution in [-0.4, -0.2) is 41.9 Å². The second-order valence-electron chi connectivity index (χ2n) is 7.59. The van der Waals surface area contributed by atoms with Gasteiger partial charge in [-0.25, -0.2) is 0 Å². The van der Waals surface area contributed by atoms with E-state index in [1.807, 2.05) is 36.4 Å². The molecule has 29 heavy (non-hydrogen) atoms. The Kier molecular flexibility index (Phi) is 6.03. The van der Waals surface area contributed by atoms with Crippen LogP contribution in [0.2, 0.25) is 0 Å². The van der Waals surface area contributed by atoms with Gasteiger partial charge in [0.1, 0.15) is 6.04 Å². The summed E-state index contributed by atoms with van der Waals surface area (Å²) in [5, 5.41) is 0. The zero-order chi connectivity index (χ0) is 20.1. The van der Waals surface area contributed by atoms with E-state index in [1.165, 1.54) is 11.1 Å². The highest BCUT2D eigenvalue weighted by molar-refractivity contribution is 5.81. The van der Waals surface area contributed by atoms with Gasteiger partial charge in [0.2, 0.25) is 5.91 Å². The molecular weight excluding hydrogens is 358 g/mol. The number of nitrogens with two attached hydrogens (primary N) is 1.